The molecule has 0 saturated heterocycles. The van der Waals surface area contributed by atoms with Crippen LogP contribution in [0.1, 0.15) is 27.7 Å². The Morgan fingerprint density at radius 2 is 1.85 bits per heavy atom. The number of aliphatic carboxylic acids is 1. The fourth-order valence-corrected chi connectivity index (χ4v) is 1.75. The number of amides is 1. The third-order valence-electron chi connectivity index (χ3n) is 2.83. The van der Waals surface area contributed by atoms with E-state index < -0.39 is 17.9 Å². The molecule has 0 unspecified atom stereocenters. The molecule has 1 atom stereocenters. The van der Waals surface area contributed by atoms with Gasteiger partial charge in [-0.3, -0.25) is 9.78 Å². The molecule has 20 heavy (non-hydrogen) atoms. The van der Waals surface area contributed by atoms with Gasteiger partial charge in [0.15, 0.2) is 6.04 Å². The van der Waals surface area contributed by atoms with Crippen LogP contribution in [0.3, 0.4) is 0 Å². The molecule has 2 rings (SSSR count). The van der Waals surface area contributed by atoms with E-state index in [0.717, 1.165) is 5.69 Å². The Kier molecular flexibility index (Phi) is 4.10. The molecule has 0 spiro atoms. The minimum absolute atomic E-state index is 0.331. The lowest BCUT2D eigenvalue weighted by molar-refractivity contribution is -0.139. The standard InChI is InChI=1S/C15H14N2O3/c1-10-7-8-12(9-16-10)14(18)17-13(15(19)20)11-5-3-2-4-6-11/h2-9,13H,1H3,(H,17,18)(H,19,20)/t13-/m1/s1. The third kappa shape index (κ3) is 3.20. The molecule has 1 amide bonds. The van der Waals surface area contributed by atoms with Crippen molar-refractivity contribution in [2.24, 2.45) is 0 Å². The largest absolute Gasteiger partial charge is 0.479 e. The van der Waals surface area contributed by atoms with Crippen LogP contribution in [0.25, 0.3) is 0 Å². The normalized spacial score (nSPS) is 11.7. The van der Waals surface area contributed by atoms with Gasteiger partial charge in [0.2, 0.25) is 0 Å². The summed E-state index contributed by atoms with van der Waals surface area (Å²) in [6, 6.07) is 10.8. The van der Waals surface area contributed by atoms with Crippen LogP contribution in [0.2, 0.25) is 0 Å². The zero-order valence-corrected chi connectivity index (χ0v) is 10.9. The second-order valence-electron chi connectivity index (χ2n) is 4.34. The van der Waals surface area contributed by atoms with E-state index in [9.17, 15) is 14.7 Å². The summed E-state index contributed by atoms with van der Waals surface area (Å²) in [5.74, 6) is -1.57. The Balaban J connectivity index is 2.19. The summed E-state index contributed by atoms with van der Waals surface area (Å²) in [5.41, 5.74) is 1.64. The van der Waals surface area contributed by atoms with Crippen molar-refractivity contribution in [1.29, 1.82) is 0 Å². The van der Waals surface area contributed by atoms with Gasteiger partial charge in [-0.15, -0.1) is 0 Å². The molecule has 0 bridgehead atoms. The summed E-state index contributed by atoms with van der Waals surface area (Å²) in [7, 11) is 0. The lowest BCUT2D eigenvalue weighted by atomic mass is 10.1. The fraction of sp³-hybridized carbons (Fsp3) is 0.133. The van der Waals surface area contributed by atoms with Gasteiger partial charge in [-0.25, -0.2) is 4.79 Å². The Labute approximate surface area is 116 Å². The average molecular weight is 270 g/mol. The second kappa shape index (κ2) is 5.97. The molecule has 0 fully saturated rings. The van der Waals surface area contributed by atoms with Crippen LogP contribution in [0, 0.1) is 6.92 Å². The van der Waals surface area contributed by atoms with E-state index in [1.807, 2.05) is 6.92 Å². The zero-order chi connectivity index (χ0) is 14.5. The zero-order valence-electron chi connectivity index (χ0n) is 10.9. The monoisotopic (exact) mass is 270 g/mol. The predicted octanol–water partition coefficient (Wildman–Crippen LogP) is 1.95. The molecule has 5 heteroatoms. The average Bonchev–Trinajstić information content (AvgIpc) is 2.46. The highest BCUT2D eigenvalue weighted by molar-refractivity contribution is 5.96. The number of nitrogens with one attached hydrogen (secondary N) is 1. The van der Waals surface area contributed by atoms with Crippen molar-refractivity contribution in [1.82, 2.24) is 10.3 Å². The van der Waals surface area contributed by atoms with Gasteiger partial charge in [-0.2, -0.15) is 0 Å². The molecular weight excluding hydrogens is 256 g/mol. The maximum Gasteiger partial charge on any atom is 0.330 e. The number of pyridine rings is 1. The van der Waals surface area contributed by atoms with Crippen LogP contribution in [-0.4, -0.2) is 22.0 Å². The third-order valence-corrected chi connectivity index (χ3v) is 2.83. The quantitative estimate of drug-likeness (QED) is 0.890. The number of carboxylic acids is 1. The van der Waals surface area contributed by atoms with Crippen LogP contribution >= 0.6 is 0 Å². The summed E-state index contributed by atoms with van der Waals surface area (Å²) < 4.78 is 0. The maximum atomic E-state index is 12.0. The van der Waals surface area contributed by atoms with Crippen LogP contribution < -0.4 is 5.32 Å². The summed E-state index contributed by atoms with van der Waals surface area (Å²) >= 11 is 0. The first kappa shape index (κ1) is 13.7. The number of hydrogen-bond donors (Lipinski definition) is 2. The molecule has 1 aromatic carbocycles. The minimum atomic E-state index is -1.11. The Bertz CT molecular complexity index is 609. The van der Waals surface area contributed by atoms with Crippen LogP contribution in [0.5, 0.6) is 0 Å². The van der Waals surface area contributed by atoms with Gasteiger partial charge >= 0.3 is 5.97 Å². The topological polar surface area (TPSA) is 79.3 Å². The number of benzene rings is 1. The molecule has 2 aromatic rings. The highest BCUT2D eigenvalue weighted by Crippen LogP contribution is 2.13. The number of carbonyl (C=O) groups is 2. The van der Waals surface area contributed by atoms with Crippen molar-refractivity contribution >= 4 is 11.9 Å². The first-order valence-corrected chi connectivity index (χ1v) is 6.09. The Morgan fingerprint density at radius 1 is 1.15 bits per heavy atom. The van der Waals surface area contributed by atoms with E-state index in [1.165, 1.54) is 6.20 Å². The Morgan fingerprint density at radius 3 is 2.40 bits per heavy atom. The maximum absolute atomic E-state index is 12.0. The number of nitrogens with zero attached hydrogens (tertiary/aromatic N) is 1. The lowest BCUT2D eigenvalue weighted by Gasteiger charge is -2.14. The summed E-state index contributed by atoms with van der Waals surface area (Å²) in [4.78, 5) is 27.3. The highest BCUT2D eigenvalue weighted by atomic mass is 16.4. The summed E-state index contributed by atoms with van der Waals surface area (Å²) in [6.45, 7) is 1.81. The number of hydrogen-bond acceptors (Lipinski definition) is 3. The molecule has 102 valence electrons. The van der Waals surface area contributed by atoms with E-state index in [4.69, 9.17) is 0 Å². The van der Waals surface area contributed by atoms with Crippen LogP contribution in [0.4, 0.5) is 0 Å². The first-order chi connectivity index (χ1) is 9.58. The van der Waals surface area contributed by atoms with Crippen molar-refractivity contribution in [2.75, 3.05) is 0 Å². The van der Waals surface area contributed by atoms with Gasteiger partial charge in [0.05, 0.1) is 5.56 Å². The van der Waals surface area contributed by atoms with Crippen molar-refractivity contribution in [3.63, 3.8) is 0 Å². The second-order valence-corrected chi connectivity index (χ2v) is 4.34. The van der Waals surface area contributed by atoms with Gasteiger partial charge in [0.25, 0.3) is 5.91 Å². The van der Waals surface area contributed by atoms with Gasteiger partial charge in [-0.05, 0) is 24.6 Å². The summed E-state index contributed by atoms with van der Waals surface area (Å²) in [5, 5.41) is 11.7. The van der Waals surface area contributed by atoms with Gasteiger partial charge < -0.3 is 10.4 Å². The van der Waals surface area contributed by atoms with E-state index >= 15 is 0 Å². The number of carbonyl (C=O) groups excluding carboxylic acids is 1. The van der Waals surface area contributed by atoms with E-state index in [1.54, 1.807) is 42.5 Å². The smallest absolute Gasteiger partial charge is 0.330 e. The van der Waals surface area contributed by atoms with Gasteiger partial charge in [-0.1, -0.05) is 30.3 Å². The lowest BCUT2D eigenvalue weighted by Crippen LogP contribution is -2.33. The molecule has 0 aliphatic rings. The van der Waals surface area contributed by atoms with E-state index in [-0.39, 0.29) is 0 Å². The molecular formula is C15H14N2O3. The van der Waals surface area contributed by atoms with Crippen LogP contribution in [0.15, 0.2) is 48.7 Å². The minimum Gasteiger partial charge on any atom is -0.479 e. The van der Waals surface area contributed by atoms with Gasteiger partial charge in [0, 0.05) is 11.9 Å². The molecule has 0 aliphatic carbocycles. The SMILES string of the molecule is Cc1ccc(C(=O)N[C@@H](C(=O)O)c2ccccc2)cn1. The number of carboxylic acid groups (broad SMARTS) is 1. The highest BCUT2D eigenvalue weighted by Gasteiger charge is 2.22. The molecule has 1 aromatic heterocycles. The van der Waals surface area contributed by atoms with Crippen molar-refractivity contribution in [3.8, 4) is 0 Å². The van der Waals surface area contributed by atoms with Crippen molar-refractivity contribution in [3.05, 3.63) is 65.5 Å². The molecule has 0 saturated carbocycles. The number of aromatic nitrogens is 1. The molecule has 5 nitrogen and oxygen atoms in total. The summed E-state index contributed by atoms with van der Waals surface area (Å²) in [6.07, 6.45) is 1.43. The fourth-order valence-electron chi connectivity index (χ4n) is 1.75. The van der Waals surface area contributed by atoms with E-state index in [0.29, 0.717) is 11.1 Å². The first-order valence-electron chi connectivity index (χ1n) is 6.09. The number of aryl methyl sites for hydroxylation is 1. The van der Waals surface area contributed by atoms with Crippen LogP contribution in [-0.2, 0) is 4.79 Å². The molecule has 0 aliphatic heterocycles. The molecule has 1 heterocycles. The van der Waals surface area contributed by atoms with Crippen molar-refractivity contribution in [2.45, 2.75) is 13.0 Å². The molecule has 0 radical (unpaired) electrons. The van der Waals surface area contributed by atoms with Gasteiger partial charge in [0.1, 0.15) is 0 Å². The predicted molar refractivity (Wildman–Crippen MR) is 73.3 cm³/mol. The number of rotatable bonds is 4. The molecule has 2 N–H and O–H groups in total. The van der Waals surface area contributed by atoms with E-state index in [2.05, 4.69) is 10.3 Å². The Hall–Kier alpha value is -2.69. The van der Waals surface area contributed by atoms with Crippen molar-refractivity contribution < 1.29 is 14.7 Å².